The number of carbonyl (C=O) groups is 2. The standard InChI is InChI=1S/C10H20N2O10P2/c11-4(1-2-6(12)14)9(17)22-23(24(18,19)20)10-8(16)7(15)5(3-13)21-10/h4-5,7-8,10,13,15-16H,1-3,11H2,(H2,12,14)(H2,18,19,20)/t4-,5+,7+,8+,10?,23?/m0/s1. The number of primary amides is 1. The van der Waals surface area contributed by atoms with Gasteiger partial charge in [0.05, 0.1) is 6.61 Å². The van der Waals surface area contributed by atoms with Gasteiger partial charge in [-0.05, 0) is 6.42 Å². The van der Waals surface area contributed by atoms with Crippen molar-refractivity contribution in [3.05, 3.63) is 0 Å². The van der Waals surface area contributed by atoms with E-state index in [-0.39, 0.29) is 12.8 Å². The number of aliphatic hydroxyl groups is 3. The van der Waals surface area contributed by atoms with Crippen LogP contribution < -0.4 is 11.5 Å². The highest BCUT2D eigenvalue weighted by molar-refractivity contribution is 8.26. The highest BCUT2D eigenvalue weighted by Gasteiger charge is 2.54. The van der Waals surface area contributed by atoms with Crippen LogP contribution in [0, 0.1) is 0 Å². The average molecular weight is 390 g/mol. The molecule has 1 aliphatic heterocycles. The summed E-state index contributed by atoms with van der Waals surface area (Å²) in [6.07, 6.45) is -5.12. The number of amides is 1. The van der Waals surface area contributed by atoms with Crippen LogP contribution in [0.3, 0.4) is 0 Å². The van der Waals surface area contributed by atoms with E-state index in [4.69, 9.17) is 25.8 Å². The van der Waals surface area contributed by atoms with Crippen molar-refractivity contribution in [3.63, 3.8) is 0 Å². The number of carbonyl (C=O) groups excluding carboxylic acids is 2. The van der Waals surface area contributed by atoms with Crippen LogP contribution in [0.4, 0.5) is 0 Å². The van der Waals surface area contributed by atoms with E-state index >= 15 is 0 Å². The van der Waals surface area contributed by atoms with E-state index < -0.39 is 63.8 Å². The van der Waals surface area contributed by atoms with Gasteiger partial charge in [-0.15, -0.1) is 0 Å². The predicted octanol–water partition coefficient (Wildman–Crippen LogP) is -2.95. The quantitative estimate of drug-likeness (QED) is 0.207. The Labute approximate surface area is 137 Å². The Bertz CT molecular complexity index is 514. The lowest BCUT2D eigenvalue weighted by Gasteiger charge is -2.26. The Morgan fingerprint density at radius 3 is 2.29 bits per heavy atom. The van der Waals surface area contributed by atoms with E-state index in [0.29, 0.717) is 0 Å². The summed E-state index contributed by atoms with van der Waals surface area (Å²) in [5.74, 6) is -3.65. The Morgan fingerprint density at radius 1 is 1.29 bits per heavy atom. The van der Waals surface area contributed by atoms with Crippen LogP contribution >= 0.6 is 15.1 Å². The molecule has 1 amide bonds. The monoisotopic (exact) mass is 390 g/mol. The summed E-state index contributed by atoms with van der Waals surface area (Å²) in [4.78, 5) is 41.2. The fourth-order valence-corrected chi connectivity index (χ4v) is 5.44. The molecule has 0 aromatic carbocycles. The molecule has 0 radical (unpaired) electrons. The number of hydrogen-bond acceptors (Lipinski definition) is 9. The number of ether oxygens (including phenoxy) is 1. The third kappa shape index (κ3) is 5.41. The molecule has 12 nitrogen and oxygen atoms in total. The van der Waals surface area contributed by atoms with E-state index in [0.717, 1.165) is 0 Å². The Balaban J connectivity index is 2.86. The zero-order valence-electron chi connectivity index (χ0n) is 12.3. The molecular weight excluding hydrogens is 370 g/mol. The molecule has 1 rings (SSSR count). The Hall–Kier alpha value is -0.680. The van der Waals surface area contributed by atoms with Crippen molar-refractivity contribution < 1.29 is 48.5 Å². The third-order valence-corrected chi connectivity index (χ3v) is 7.39. The second-order valence-electron chi connectivity index (χ2n) is 5.07. The maximum Gasteiger partial charge on any atom is 0.386 e. The Kier molecular flexibility index (Phi) is 7.67. The first kappa shape index (κ1) is 21.4. The summed E-state index contributed by atoms with van der Waals surface area (Å²) in [7, 11) is -8.08. The zero-order valence-corrected chi connectivity index (χ0v) is 14.1. The first-order chi connectivity index (χ1) is 11.0. The minimum atomic E-state index is -5.06. The van der Waals surface area contributed by atoms with Gasteiger partial charge in [0.15, 0.2) is 5.85 Å². The fourth-order valence-electron chi connectivity index (χ4n) is 1.89. The number of aliphatic hydroxyl groups excluding tert-OH is 3. The largest absolute Gasteiger partial charge is 0.428 e. The van der Waals surface area contributed by atoms with Crippen LogP contribution in [0.2, 0.25) is 0 Å². The lowest BCUT2D eigenvalue weighted by molar-refractivity contribution is -0.135. The molecule has 6 atom stereocenters. The van der Waals surface area contributed by atoms with Gasteiger partial charge < -0.3 is 45.8 Å². The molecule has 24 heavy (non-hydrogen) atoms. The van der Waals surface area contributed by atoms with Crippen LogP contribution in [-0.2, 0) is 23.4 Å². The molecule has 1 fully saturated rings. The van der Waals surface area contributed by atoms with Gasteiger partial charge in [0.25, 0.3) is 0 Å². The minimum absolute atomic E-state index is 0.200. The Morgan fingerprint density at radius 2 is 1.88 bits per heavy atom. The summed E-state index contributed by atoms with van der Waals surface area (Å²) >= 11 is 0. The molecule has 2 unspecified atom stereocenters. The van der Waals surface area contributed by atoms with Crippen LogP contribution in [0.5, 0.6) is 0 Å². The molecule has 0 saturated carbocycles. The molecule has 0 aliphatic carbocycles. The number of nitrogens with two attached hydrogens (primary N) is 2. The average Bonchev–Trinajstić information content (AvgIpc) is 2.76. The predicted molar refractivity (Wildman–Crippen MR) is 79.2 cm³/mol. The molecular formula is C10H20N2O10P2. The van der Waals surface area contributed by atoms with Crippen molar-refractivity contribution in [1.82, 2.24) is 0 Å². The zero-order chi connectivity index (χ0) is 18.7. The molecule has 140 valence electrons. The van der Waals surface area contributed by atoms with Gasteiger partial charge in [0, 0.05) is 6.42 Å². The van der Waals surface area contributed by atoms with Crippen molar-refractivity contribution in [1.29, 1.82) is 0 Å². The number of rotatable bonds is 8. The van der Waals surface area contributed by atoms with Crippen molar-refractivity contribution in [3.8, 4) is 0 Å². The molecule has 0 aromatic heterocycles. The van der Waals surface area contributed by atoms with Gasteiger partial charge in [-0.25, -0.2) is 0 Å². The molecule has 0 spiro atoms. The molecule has 1 saturated heterocycles. The van der Waals surface area contributed by atoms with Crippen molar-refractivity contribution in [2.24, 2.45) is 11.5 Å². The lowest BCUT2D eigenvalue weighted by Crippen LogP contribution is -2.35. The van der Waals surface area contributed by atoms with Crippen molar-refractivity contribution >= 4 is 27.0 Å². The molecule has 14 heteroatoms. The molecule has 1 aliphatic rings. The third-order valence-electron chi connectivity index (χ3n) is 3.18. The van der Waals surface area contributed by atoms with Crippen LogP contribution in [0.15, 0.2) is 0 Å². The number of hydrogen-bond donors (Lipinski definition) is 7. The lowest BCUT2D eigenvalue weighted by atomic mass is 10.2. The summed E-state index contributed by atoms with van der Waals surface area (Å²) < 4.78 is 21.3. The highest BCUT2D eigenvalue weighted by atomic mass is 32.1. The molecule has 0 bridgehead atoms. The van der Waals surface area contributed by atoms with Gasteiger partial charge in [0.2, 0.25) is 13.7 Å². The fraction of sp³-hybridized carbons (Fsp3) is 0.800. The normalized spacial score (nSPS) is 29.9. The summed E-state index contributed by atoms with van der Waals surface area (Å²) in [5, 5.41) is 28.5. The van der Waals surface area contributed by atoms with Crippen LogP contribution in [0.1, 0.15) is 12.8 Å². The van der Waals surface area contributed by atoms with Gasteiger partial charge in [-0.3, -0.25) is 14.2 Å². The second kappa shape index (κ2) is 8.61. The van der Waals surface area contributed by atoms with Crippen LogP contribution in [-0.4, -0.2) is 73.8 Å². The van der Waals surface area contributed by atoms with Gasteiger partial charge in [-0.2, -0.15) is 0 Å². The summed E-state index contributed by atoms with van der Waals surface area (Å²) in [6, 6.07) is -1.37. The first-order valence-corrected chi connectivity index (χ1v) is 10.4. The van der Waals surface area contributed by atoms with E-state index in [2.05, 4.69) is 0 Å². The van der Waals surface area contributed by atoms with E-state index in [1.54, 1.807) is 0 Å². The minimum Gasteiger partial charge on any atom is -0.428 e. The van der Waals surface area contributed by atoms with Gasteiger partial charge in [0.1, 0.15) is 24.4 Å². The van der Waals surface area contributed by atoms with E-state index in [9.17, 15) is 34.2 Å². The molecule has 1 heterocycles. The molecule has 0 aromatic rings. The smallest absolute Gasteiger partial charge is 0.386 e. The van der Waals surface area contributed by atoms with Crippen molar-refractivity contribution in [2.45, 2.75) is 43.0 Å². The maximum absolute atomic E-state index is 11.8. The van der Waals surface area contributed by atoms with E-state index in [1.165, 1.54) is 0 Å². The van der Waals surface area contributed by atoms with Crippen molar-refractivity contribution in [2.75, 3.05) is 6.61 Å². The second-order valence-corrected chi connectivity index (χ2v) is 10.1. The highest BCUT2D eigenvalue weighted by Crippen LogP contribution is 2.75. The molecule has 9 N–H and O–H groups in total. The van der Waals surface area contributed by atoms with Gasteiger partial charge in [-0.1, -0.05) is 0 Å². The topological polar surface area (TPSA) is 223 Å². The first-order valence-electron chi connectivity index (χ1n) is 6.72. The maximum atomic E-state index is 11.8. The summed E-state index contributed by atoms with van der Waals surface area (Å²) in [6.45, 7) is -0.717. The summed E-state index contributed by atoms with van der Waals surface area (Å²) in [5.41, 5.74) is 10.4. The van der Waals surface area contributed by atoms with Gasteiger partial charge >= 0.3 is 13.3 Å². The van der Waals surface area contributed by atoms with E-state index in [1.807, 2.05) is 0 Å². The van der Waals surface area contributed by atoms with Crippen LogP contribution in [0.25, 0.3) is 0 Å². The SMILES string of the molecule is NC(=O)CC[C@H](N)C(=O)OP(C1O[C@H](CO)[C@@H](O)[C@H]1O)P(=O)(O)O.